The molecule has 0 atom stereocenters. The van der Waals surface area contributed by atoms with Gasteiger partial charge in [0.1, 0.15) is 18.1 Å². The molecule has 2 aromatic carbocycles. The first-order chi connectivity index (χ1) is 14.9. The van der Waals surface area contributed by atoms with Crippen LogP contribution in [0.15, 0.2) is 60.8 Å². The molecule has 0 fully saturated rings. The monoisotopic (exact) mass is 417 g/mol. The standard InChI is InChI=1S/C26H27NO4/c1-5-29-25(28)13-10-22-14-19(3)26(20(4)15-22)31-24-12-11-23(16-27-24)30-17-21-8-6-18(2)7-9-21/h6-16H,5,17H2,1-4H3/b13-10+. The Morgan fingerprint density at radius 1 is 1.00 bits per heavy atom. The number of carbonyl (C=O) groups excluding carboxylic acids is 1. The number of esters is 1. The molecule has 0 saturated heterocycles. The molecular weight excluding hydrogens is 390 g/mol. The average Bonchev–Trinajstić information content (AvgIpc) is 2.75. The van der Waals surface area contributed by atoms with Gasteiger partial charge >= 0.3 is 5.97 Å². The Bertz CT molecular complexity index is 1030. The number of hydrogen-bond donors (Lipinski definition) is 0. The Morgan fingerprint density at radius 3 is 2.32 bits per heavy atom. The van der Waals surface area contributed by atoms with Crippen LogP contribution < -0.4 is 9.47 Å². The Balaban J connectivity index is 1.63. The summed E-state index contributed by atoms with van der Waals surface area (Å²) in [5.74, 6) is 1.56. The maximum atomic E-state index is 11.5. The van der Waals surface area contributed by atoms with Gasteiger partial charge in [0, 0.05) is 12.1 Å². The molecule has 0 radical (unpaired) electrons. The maximum absolute atomic E-state index is 11.5. The zero-order chi connectivity index (χ0) is 22.2. The molecule has 5 heteroatoms. The topological polar surface area (TPSA) is 57.7 Å². The molecule has 3 aromatic rings. The van der Waals surface area contributed by atoms with Crippen molar-refractivity contribution in [2.24, 2.45) is 0 Å². The van der Waals surface area contributed by atoms with E-state index in [-0.39, 0.29) is 5.97 Å². The van der Waals surface area contributed by atoms with Gasteiger partial charge in [-0.15, -0.1) is 0 Å². The first-order valence-corrected chi connectivity index (χ1v) is 10.2. The van der Waals surface area contributed by atoms with E-state index >= 15 is 0 Å². The third-order valence-corrected chi connectivity index (χ3v) is 4.62. The third-order valence-electron chi connectivity index (χ3n) is 4.62. The number of ether oxygens (including phenoxy) is 3. The van der Waals surface area contributed by atoms with Crippen molar-refractivity contribution in [1.82, 2.24) is 4.98 Å². The predicted molar refractivity (Wildman–Crippen MR) is 121 cm³/mol. The van der Waals surface area contributed by atoms with Gasteiger partial charge in [0.15, 0.2) is 0 Å². The highest BCUT2D eigenvalue weighted by atomic mass is 16.5. The largest absolute Gasteiger partial charge is 0.487 e. The normalized spacial score (nSPS) is 10.8. The SMILES string of the molecule is CCOC(=O)/C=C/c1cc(C)c(Oc2ccc(OCc3ccc(C)cc3)cn2)c(C)c1. The molecule has 0 aliphatic rings. The van der Waals surface area contributed by atoms with Crippen molar-refractivity contribution in [3.63, 3.8) is 0 Å². The summed E-state index contributed by atoms with van der Waals surface area (Å²) in [6.45, 7) is 8.61. The van der Waals surface area contributed by atoms with Gasteiger partial charge in [-0.25, -0.2) is 9.78 Å². The lowest BCUT2D eigenvalue weighted by Gasteiger charge is -2.13. The van der Waals surface area contributed by atoms with Crippen LogP contribution >= 0.6 is 0 Å². The predicted octanol–water partition coefficient (Wildman–Crippen LogP) is 5.95. The van der Waals surface area contributed by atoms with Crippen LogP contribution in [0, 0.1) is 20.8 Å². The van der Waals surface area contributed by atoms with Crippen molar-refractivity contribution in [3.8, 4) is 17.4 Å². The fraction of sp³-hybridized carbons (Fsp3) is 0.231. The molecule has 0 aliphatic heterocycles. The molecule has 1 heterocycles. The van der Waals surface area contributed by atoms with Gasteiger partial charge in [0.2, 0.25) is 5.88 Å². The fourth-order valence-corrected chi connectivity index (χ4v) is 3.06. The number of aromatic nitrogens is 1. The van der Waals surface area contributed by atoms with Crippen LogP contribution in [0.25, 0.3) is 6.08 Å². The number of nitrogens with zero attached hydrogens (tertiary/aromatic N) is 1. The molecule has 0 N–H and O–H groups in total. The van der Waals surface area contributed by atoms with Crippen LogP contribution in [0.1, 0.15) is 34.7 Å². The molecule has 0 amide bonds. The zero-order valence-electron chi connectivity index (χ0n) is 18.3. The van der Waals surface area contributed by atoms with Crippen LogP contribution in [0.5, 0.6) is 17.4 Å². The summed E-state index contributed by atoms with van der Waals surface area (Å²) in [4.78, 5) is 15.9. The second-order valence-electron chi connectivity index (χ2n) is 7.28. The van der Waals surface area contributed by atoms with Crippen molar-refractivity contribution in [1.29, 1.82) is 0 Å². The van der Waals surface area contributed by atoms with Crippen LogP contribution in [-0.2, 0) is 16.1 Å². The number of rotatable bonds is 8. The summed E-state index contributed by atoms with van der Waals surface area (Å²) in [6, 6.07) is 15.8. The second-order valence-corrected chi connectivity index (χ2v) is 7.28. The minimum Gasteiger partial charge on any atom is -0.487 e. The smallest absolute Gasteiger partial charge is 0.330 e. The van der Waals surface area contributed by atoms with Gasteiger partial charge in [-0.2, -0.15) is 0 Å². The van der Waals surface area contributed by atoms with E-state index in [0.29, 0.717) is 24.8 Å². The molecule has 3 rings (SSSR count). The highest BCUT2D eigenvalue weighted by molar-refractivity contribution is 5.87. The van der Waals surface area contributed by atoms with E-state index < -0.39 is 0 Å². The molecular formula is C26H27NO4. The molecule has 0 saturated carbocycles. The summed E-state index contributed by atoms with van der Waals surface area (Å²) in [6.07, 6.45) is 4.82. The summed E-state index contributed by atoms with van der Waals surface area (Å²) in [7, 11) is 0. The van der Waals surface area contributed by atoms with Gasteiger partial charge in [0.25, 0.3) is 0 Å². The highest BCUT2D eigenvalue weighted by Crippen LogP contribution is 2.30. The van der Waals surface area contributed by atoms with Crippen LogP contribution in [-0.4, -0.2) is 17.6 Å². The first kappa shape index (κ1) is 22.1. The molecule has 0 bridgehead atoms. The second kappa shape index (κ2) is 10.4. The minimum atomic E-state index is -0.355. The lowest BCUT2D eigenvalue weighted by Crippen LogP contribution is -1.99. The van der Waals surface area contributed by atoms with Crippen molar-refractivity contribution in [3.05, 3.63) is 88.6 Å². The Hall–Kier alpha value is -3.60. The summed E-state index contributed by atoms with van der Waals surface area (Å²) in [5, 5.41) is 0. The number of benzene rings is 2. The number of carbonyl (C=O) groups is 1. The molecule has 160 valence electrons. The summed E-state index contributed by atoms with van der Waals surface area (Å²) >= 11 is 0. The van der Waals surface area contributed by atoms with E-state index in [1.807, 2.05) is 32.0 Å². The fourth-order valence-electron chi connectivity index (χ4n) is 3.06. The van der Waals surface area contributed by atoms with Crippen molar-refractivity contribution < 1.29 is 19.0 Å². The molecule has 0 unspecified atom stereocenters. The van der Waals surface area contributed by atoms with E-state index in [1.165, 1.54) is 11.6 Å². The van der Waals surface area contributed by atoms with Crippen molar-refractivity contribution in [2.45, 2.75) is 34.3 Å². The minimum absolute atomic E-state index is 0.355. The lowest BCUT2D eigenvalue weighted by atomic mass is 10.1. The average molecular weight is 418 g/mol. The van der Waals surface area contributed by atoms with E-state index in [0.717, 1.165) is 28.0 Å². The Labute approximate surface area is 183 Å². The lowest BCUT2D eigenvalue weighted by molar-refractivity contribution is -0.137. The number of pyridine rings is 1. The molecule has 5 nitrogen and oxygen atoms in total. The highest BCUT2D eigenvalue weighted by Gasteiger charge is 2.09. The van der Waals surface area contributed by atoms with E-state index in [2.05, 4.69) is 36.2 Å². The third kappa shape index (κ3) is 6.44. The molecule has 0 aliphatic carbocycles. The van der Waals surface area contributed by atoms with Crippen LogP contribution in [0.2, 0.25) is 0 Å². The maximum Gasteiger partial charge on any atom is 0.330 e. The van der Waals surface area contributed by atoms with Gasteiger partial charge in [-0.05, 0) is 74.2 Å². The van der Waals surface area contributed by atoms with Crippen molar-refractivity contribution >= 4 is 12.0 Å². The molecule has 1 aromatic heterocycles. The van der Waals surface area contributed by atoms with Crippen molar-refractivity contribution in [2.75, 3.05) is 6.61 Å². The molecule has 31 heavy (non-hydrogen) atoms. The quantitative estimate of drug-likeness (QED) is 0.335. The van der Waals surface area contributed by atoms with Gasteiger partial charge < -0.3 is 14.2 Å². The summed E-state index contributed by atoms with van der Waals surface area (Å²) < 4.78 is 16.7. The van der Waals surface area contributed by atoms with Gasteiger partial charge in [-0.1, -0.05) is 29.8 Å². The van der Waals surface area contributed by atoms with Gasteiger partial charge in [0.05, 0.1) is 12.8 Å². The Kier molecular flexibility index (Phi) is 7.44. The van der Waals surface area contributed by atoms with Crippen LogP contribution in [0.3, 0.4) is 0 Å². The van der Waals surface area contributed by atoms with E-state index in [4.69, 9.17) is 14.2 Å². The van der Waals surface area contributed by atoms with E-state index in [1.54, 1.807) is 25.3 Å². The first-order valence-electron chi connectivity index (χ1n) is 10.2. The van der Waals surface area contributed by atoms with E-state index in [9.17, 15) is 4.79 Å². The van der Waals surface area contributed by atoms with Crippen LogP contribution in [0.4, 0.5) is 0 Å². The molecule has 0 spiro atoms. The Morgan fingerprint density at radius 2 is 1.71 bits per heavy atom. The van der Waals surface area contributed by atoms with Gasteiger partial charge in [-0.3, -0.25) is 0 Å². The number of hydrogen-bond acceptors (Lipinski definition) is 5. The summed E-state index contributed by atoms with van der Waals surface area (Å²) in [5.41, 5.74) is 5.13. The number of aryl methyl sites for hydroxylation is 3. The zero-order valence-corrected chi connectivity index (χ0v) is 18.3.